The van der Waals surface area contributed by atoms with Crippen LogP contribution >= 0.6 is 0 Å². The van der Waals surface area contributed by atoms with Crippen LogP contribution in [0.15, 0.2) is 36.8 Å². The van der Waals surface area contributed by atoms with Gasteiger partial charge in [-0.2, -0.15) is 0 Å². The van der Waals surface area contributed by atoms with E-state index in [9.17, 15) is 18.8 Å². The third kappa shape index (κ3) is 8.03. The molecule has 2 heterocycles. The maximum absolute atomic E-state index is 13.5. The van der Waals surface area contributed by atoms with E-state index in [0.29, 0.717) is 27.7 Å². The van der Waals surface area contributed by atoms with E-state index in [2.05, 4.69) is 20.6 Å². The van der Waals surface area contributed by atoms with Gasteiger partial charge in [0.05, 0.1) is 0 Å². The van der Waals surface area contributed by atoms with E-state index in [4.69, 9.17) is 9.47 Å². The van der Waals surface area contributed by atoms with Crippen LogP contribution in [0.1, 0.15) is 60.5 Å². The number of pyridine rings is 2. The summed E-state index contributed by atoms with van der Waals surface area (Å²) in [6.45, 7) is 12.7. The molecule has 2 unspecified atom stereocenters. The number of benzene rings is 1. The number of ether oxygens (including phenoxy) is 2. The average Bonchev–Trinajstić information content (AvgIpc) is 3.58. The SMILES string of the molecule is CCc1c(NC(=O)OC(C)(C)C)cncc1-c1cc(NC(=O)OC(C)(C)C)c2cnc([As]C(=O)C3CC3F)cc2c1. The average molecular weight is 626 g/mol. The molecule has 9 nitrogen and oxygen atoms in total. The minimum atomic E-state index is -1.05. The van der Waals surface area contributed by atoms with Crippen molar-refractivity contribution in [1.29, 1.82) is 0 Å². The fraction of sp³-hybridized carbons (Fsp3) is 0.433. The molecule has 0 bridgehead atoms. The van der Waals surface area contributed by atoms with Crippen LogP contribution in [0.4, 0.5) is 25.4 Å². The van der Waals surface area contributed by atoms with Gasteiger partial charge < -0.3 is 0 Å². The van der Waals surface area contributed by atoms with E-state index in [1.165, 1.54) is 0 Å². The van der Waals surface area contributed by atoms with Crippen LogP contribution in [0, 0.1) is 5.92 Å². The standard InChI is InChI=1S/C30H35AsFN4O5/c1-8-18-20(13-33-15-24(18)36-28(39)41-30(5,6)7)16-9-17-11-25(31-26(37)19-12-22(19)32)34-14-21(17)23(10-16)35-27(38)40-29(2,3)4/h9-11,13-15,19,22H,8,12H2,1-7H3,(H,35,38)(H,36,39). The predicted molar refractivity (Wildman–Crippen MR) is 157 cm³/mol. The number of alkyl halides is 1. The zero-order chi connectivity index (χ0) is 30.1. The third-order valence-electron chi connectivity index (χ3n) is 6.07. The molecule has 41 heavy (non-hydrogen) atoms. The van der Waals surface area contributed by atoms with Crippen molar-refractivity contribution in [2.75, 3.05) is 10.6 Å². The predicted octanol–water partition coefficient (Wildman–Crippen LogP) is 5.77. The van der Waals surface area contributed by atoms with Crippen molar-refractivity contribution in [3.8, 4) is 11.1 Å². The fourth-order valence-electron chi connectivity index (χ4n) is 4.23. The number of carbonyl (C=O) groups excluding carboxylic acids is 3. The molecule has 2 amide bonds. The summed E-state index contributed by atoms with van der Waals surface area (Å²) in [4.78, 5) is 46.6. The molecule has 1 radical (unpaired) electrons. The number of nitrogens with zero attached hydrogens (tertiary/aromatic N) is 2. The molecule has 1 aliphatic carbocycles. The second-order valence-electron chi connectivity index (χ2n) is 11.9. The first-order valence-corrected chi connectivity index (χ1v) is 15.3. The van der Waals surface area contributed by atoms with Crippen molar-refractivity contribution in [1.82, 2.24) is 9.97 Å². The normalized spacial score (nSPS) is 17.0. The van der Waals surface area contributed by atoms with Crippen molar-refractivity contribution >= 4 is 59.1 Å². The second-order valence-corrected chi connectivity index (χ2v) is 14.3. The molecular formula is C30H35AsFN4O5. The summed E-state index contributed by atoms with van der Waals surface area (Å²) in [5.74, 6) is -0.512. The van der Waals surface area contributed by atoms with Crippen molar-refractivity contribution < 1.29 is 28.2 Å². The molecule has 0 saturated heterocycles. The molecule has 3 aromatic rings. The molecule has 1 saturated carbocycles. The molecule has 0 aliphatic heterocycles. The number of fused-ring (bicyclic) bond motifs is 1. The van der Waals surface area contributed by atoms with Gasteiger partial charge in [0.25, 0.3) is 0 Å². The first-order valence-electron chi connectivity index (χ1n) is 13.4. The number of hydrogen-bond acceptors (Lipinski definition) is 7. The number of halogens is 1. The van der Waals surface area contributed by atoms with Gasteiger partial charge in [-0.05, 0) is 20.8 Å². The van der Waals surface area contributed by atoms with Gasteiger partial charge >= 0.3 is 225 Å². The van der Waals surface area contributed by atoms with Crippen molar-refractivity contribution in [3.63, 3.8) is 0 Å². The first-order chi connectivity index (χ1) is 19.1. The molecule has 2 atom stereocenters. The van der Waals surface area contributed by atoms with Gasteiger partial charge in [-0.25, -0.2) is 0 Å². The minimum absolute atomic E-state index is 0.0813. The van der Waals surface area contributed by atoms with Crippen molar-refractivity contribution in [3.05, 3.63) is 42.4 Å². The van der Waals surface area contributed by atoms with E-state index >= 15 is 0 Å². The van der Waals surface area contributed by atoms with Crippen LogP contribution in [0.2, 0.25) is 0 Å². The van der Waals surface area contributed by atoms with Gasteiger partial charge in [0.15, 0.2) is 0 Å². The molecule has 1 fully saturated rings. The van der Waals surface area contributed by atoms with Gasteiger partial charge in [-0.1, -0.05) is 0 Å². The van der Waals surface area contributed by atoms with Crippen LogP contribution in [0.25, 0.3) is 21.9 Å². The number of carbonyl (C=O) groups is 3. The van der Waals surface area contributed by atoms with Gasteiger partial charge in [-0.15, -0.1) is 0 Å². The molecule has 2 N–H and O–H groups in total. The van der Waals surface area contributed by atoms with Crippen LogP contribution in [0.5, 0.6) is 0 Å². The summed E-state index contributed by atoms with van der Waals surface area (Å²) in [6.07, 6.45) is 3.48. The zero-order valence-electron chi connectivity index (χ0n) is 24.3. The molecule has 2 aromatic heterocycles. The summed E-state index contributed by atoms with van der Waals surface area (Å²) in [5, 5.41) is 7.03. The second kappa shape index (κ2) is 11.8. The Kier molecular flexibility index (Phi) is 8.73. The van der Waals surface area contributed by atoms with Crippen LogP contribution < -0.4 is 15.1 Å². The number of anilines is 2. The molecule has 217 valence electrons. The topological polar surface area (TPSA) is 120 Å². The monoisotopic (exact) mass is 625 g/mol. The number of nitrogens with one attached hydrogen (secondary N) is 2. The summed E-state index contributed by atoms with van der Waals surface area (Å²) < 4.78 is 24.9. The number of aromatic nitrogens is 2. The molecule has 1 aromatic carbocycles. The Morgan fingerprint density at radius 2 is 1.56 bits per heavy atom. The van der Waals surface area contributed by atoms with Crippen molar-refractivity contribution in [2.24, 2.45) is 5.92 Å². The van der Waals surface area contributed by atoms with E-state index < -0.39 is 51.2 Å². The Balaban J connectivity index is 1.77. The summed E-state index contributed by atoms with van der Waals surface area (Å²) >= 11 is -0.968. The Hall–Kier alpha value is -3.52. The fourth-order valence-corrected chi connectivity index (χ4v) is 6.29. The summed E-state index contributed by atoms with van der Waals surface area (Å²) in [5.41, 5.74) is 1.91. The van der Waals surface area contributed by atoms with Gasteiger partial charge in [-0.3, -0.25) is 0 Å². The molecular weight excluding hydrogens is 590 g/mol. The Morgan fingerprint density at radius 3 is 2.12 bits per heavy atom. The van der Waals surface area contributed by atoms with Gasteiger partial charge in [0, 0.05) is 0 Å². The van der Waals surface area contributed by atoms with Crippen molar-refractivity contribution in [2.45, 2.75) is 78.7 Å². The number of rotatable bonds is 7. The molecule has 0 spiro atoms. The Labute approximate surface area is 245 Å². The quantitative estimate of drug-likeness (QED) is 0.320. The zero-order valence-corrected chi connectivity index (χ0v) is 26.2. The molecule has 11 heteroatoms. The Bertz CT molecular complexity index is 1500. The van der Waals surface area contributed by atoms with Gasteiger partial charge in [0.2, 0.25) is 0 Å². The van der Waals surface area contributed by atoms with Crippen LogP contribution in [0.3, 0.4) is 0 Å². The maximum atomic E-state index is 13.5. The molecule has 4 rings (SSSR count). The van der Waals surface area contributed by atoms with E-state index in [-0.39, 0.29) is 11.0 Å². The van der Waals surface area contributed by atoms with E-state index in [1.54, 1.807) is 66.2 Å². The van der Waals surface area contributed by atoms with E-state index in [1.807, 2.05) is 19.1 Å². The number of hydrogen-bond donors (Lipinski definition) is 2. The summed E-state index contributed by atoms with van der Waals surface area (Å²) in [7, 11) is 0. The summed E-state index contributed by atoms with van der Waals surface area (Å²) in [6, 6.07) is 5.54. The van der Waals surface area contributed by atoms with Crippen LogP contribution in [-0.2, 0) is 20.7 Å². The third-order valence-corrected chi connectivity index (χ3v) is 8.22. The molecule has 1 aliphatic rings. The van der Waals surface area contributed by atoms with Gasteiger partial charge in [0.1, 0.15) is 0 Å². The van der Waals surface area contributed by atoms with E-state index in [0.717, 1.165) is 22.1 Å². The number of amides is 2. The van der Waals surface area contributed by atoms with Crippen LogP contribution in [-0.4, -0.2) is 59.9 Å². The Morgan fingerprint density at radius 1 is 0.951 bits per heavy atom. The first kappa shape index (κ1) is 30.4.